The molecule has 0 aromatic carbocycles. The Morgan fingerprint density at radius 3 is 2.61 bits per heavy atom. The minimum absolute atomic E-state index is 0.123. The first-order valence-electron chi connectivity index (χ1n) is 8.25. The molecule has 0 aliphatic heterocycles. The molecule has 6 heteroatoms. The van der Waals surface area contributed by atoms with E-state index in [1.807, 2.05) is 6.92 Å². The Balaban J connectivity index is 1.78. The first-order valence-corrected chi connectivity index (χ1v) is 8.25. The van der Waals surface area contributed by atoms with Gasteiger partial charge in [-0.05, 0) is 38.2 Å². The summed E-state index contributed by atoms with van der Waals surface area (Å²) in [6.45, 7) is 2.38. The number of rotatable bonds is 8. The maximum absolute atomic E-state index is 12.2. The lowest BCUT2D eigenvalue weighted by molar-refractivity contribution is -0.137. The summed E-state index contributed by atoms with van der Waals surface area (Å²) in [6, 6.07) is 0. The molecule has 1 amide bonds. The third-order valence-corrected chi connectivity index (χ3v) is 4.27. The number of ketones is 1. The highest BCUT2D eigenvalue weighted by molar-refractivity contribution is 6.04. The lowest BCUT2D eigenvalue weighted by Gasteiger charge is -2.09. The fourth-order valence-electron chi connectivity index (χ4n) is 3.05. The molecule has 1 heterocycles. The molecule has 0 saturated heterocycles. The van der Waals surface area contributed by atoms with Crippen molar-refractivity contribution in [3.8, 4) is 0 Å². The molecule has 0 fully saturated rings. The van der Waals surface area contributed by atoms with Gasteiger partial charge in [-0.15, -0.1) is 0 Å². The molecule has 0 spiro atoms. The van der Waals surface area contributed by atoms with E-state index in [2.05, 4.69) is 10.3 Å². The number of nitrogens with one attached hydrogen (secondary N) is 2. The van der Waals surface area contributed by atoms with Crippen LogP contribution in [0.15, 0.2) is 0 Å². The van der Waals surface area contributed by atoms with Crippen molar-refractivity contribution < 1.29 is 19.5 Å². The second-order valence-electron chi connectivity index (χ2n) is 6.07. The van der Waals surface area contributed by atoms with Gasteiger partial charge in [0.2, 0.25) is 0 Å². The van der Waals surface area contributed by atoms with Crippen molar-refractivity contribution in [2.45, 2.75) is 58.3 Å². The summed E-state index contributed by atoms with van der Waals surface area (Å²) in [5.41, 5.74) is 2.84. The number of H-pyrrole nitrogens is 1. The van der Waals surface area contributed by atoms with Crippen molar-refractivity contribution >= 4 is 17.7 Å². The fraction of sp³-hybridized carbons (Fsp3) is 0.588. The number of hydrogen-bond donors (Lipinski definition) is 3. The highest BCUT2D eigenvalue weighted by Gasteiger charge is 2.25. The molecule has 0 saturated carbocycles. The number of unbranched alkanes of at least 4 members (excludes halogenated alkanes) is 3. The zero-order valence-corrected chi connectivity index (χ0v) is 13.5. The first-order chi connectivity index (χ1) is 11.0. The maximum Gasteiger partial charge on any atom is 0.303 e. The molecule has 0 radical (unpaired) electrons. The summed E-state index contributed by atoms with van der Waals surface area (Å²) in [4.78, 5) is 37.7. The van der Waals surface area contributed by atoms with Crippen molar-refractivity contribution in [1.29, 1.82) is 0 Å². The predicted octanol–water partition coefficient (Wildman–Crippen LogP) is 2.61. The van der Waals surface area contributed by atoms with Crippen LogP contribution in [0.3, 0.4) is 0 Å². The van der Waals surface area contributed by atoms with Crippen LogP contribution in [0.1, 0.15) is 77.0 Å². The van der Waals surface area contributed by atoms with E-state index < -0.39 is 5.97 Å². The molecule has 23 heavy (non-hydrogen) atoms. The summed E-state index contributed by atoms with van der Waals surface area (Å²) < 4.78 is 0. The van der Waals surface area contributed by atoms with Crippen LogP contribution in [-0.4, -0.2) is 34.3 Å². The molecule has 126 valence electrons. The van der Waals surface area contributed by atoms with Crippen LogP contribution in [0.2, 0.25) is 0 Å². The molecule has 0 unspecified atom stereocenters. The zero-order chi connectivity index (χ0) is 16.8. The number of Topliss-reactive ketones (excluding diaryl/α,β-unsaturated/α-hetero) is 1. The smallest absolute Gasteiger partial charge is 0.303 e. The predicted molar refractivity (Wildman–Crippen MR) is 85.9 cm³/mol. The van der Waals surface area contributed by atoms with Crippen LogP contribution in [0.5, 0.6) is 0 Å². The van der Waals surface area contributed by atoms with Crippen molar-refractivity contribution in [2.24, 2.45) is 0 Å². The molecule has 1 aromatic heterocycles. The summed E-state index contributed by atoms with van der Waals surface area (Å²) in [5, 5.41) is 11.4. The van der Waals surface area contributed by atoms with Gasteiger partial charge in [-0.3, -0.25) is 14.4 Å². The Morgan fingerprint density at radius 2 is 1.91 bits per heavy atom. The number of carbonyl (C=O) groups is 3. The number of carbonyl (C=O) groups excluding carboxylic acids is 2. The first kappa shape index (κ1) is 17.2. The number of carboxylic acids is 1. The van der Waals surface area contributed by atoms with Crippen LogP contribution in [-0.2, 0) is 11.2 Å². The molecule has 0 atom stereocenters. The second-order valence-corrected chi connectivity index (χ2v) is 6.07. The quantitative estimate of drug-likeness (QED) is 0.641. The number of aliphatic carboxylic acids is 1. The van der Waals surface area contributed by atoms with Crippen molar-refractivity contribution in [3.05, 3.63) is 22.5 Å². The third-order valence-electron chi connectivity index (χ3n) is 4.27. The SMILES string of the molecule is Cc1c(C(=O)NCCCCCCC(=O)O)[nH]c2c1C(=O)CCC2. The molecule has 0 bridgehead atoms. The number of carboxylic acid groups (broad SMARTS) is 1. The van der Waals surface area contributed by atoms with Gasteiger partial charge in [0.25, 0.3) is 5.91 Å². The Morgan fingerprint density at radius 1 is 1.17 bits per heavy atom. The van der Waals surface area contributed by atoms with E-state index in [9.17, 15) is 14.4 Å². The minimum atomic E-state index is -0.765. The number of hydrogen-bond acceptors (Lipinski definition) is 3. The van der Waals surface area contributed by atoms with E-state index in [1.54, 1.807) is 0 Å². The van der Waals surface area contributed by atoms with Gasteiger partial charge in [-0.1, -0.05) is 12.8 Å². The monoisotopic (exact) mass is 320 g/mol. The Labute approximate surface area is 135 Å². The van der Waals surface area contributed by atoms with Crippen LogP contribution >= 0.6 is 0 Å². The van der Waals surface area contributed by atoms with Crippen LogP contribution < -0.4 is 5.32 Å². The molecular formula is C17H24N2O4. The molecule has 1 aliphatic rings. The lowest BCUT2D eigenvalue weighted by Crippen LogP contribution is -2.25. The van der Waals surface area contributed by atoms with Crippen molar-refractivity contribution in [2.75, 3.05) is 6.54 Å². The van der Waals surface area contributed by atoms with Gasteiger partial charge >= 0.3 is 5.97 Å². The number of amides is 1. The number of aromatic amines is 1. The normalized spacial score (nSPS) is 13.7. The minimum Gasteiger partial charge on any atom is -0.481 e. The van der Waals surface area contributed by atoms with E-state index in [0.29, 0.717) is 30.6 Å². The molecule has 6 nitrogen and oxygen atoms in total. The van der Waals surface area contributed by atoms with Gasteiger partial charge in [-0.25, -0.2) is 0 Å². The molecule has 1 aromatic rings. The summed E-state index contributed by atoms with van der Waals surface area (Å²) in [5.74, 6) is -0.813. The number of fused-ring (bicyclic) bond motifs is 1. The highest BCUT2D eigenvalue weighted by Crippen LogP contribution is 2.26. The average Bonchev–Trinajstić information content (AvgIpc) is 2.84. The summed E-state index contributed by atoms with van der Waals surface area (Å²) in [6.07, 6.45) is 5.66. The van der Waals surface area contributed by atoms with Crippen LogP contribution in [0.4, 0.5) is 0 Å². The lowest BCUT2D eigenvalue weighted by atomic mass is 9.94. The molecule has 2 rings (SSSR count). The zero-order valence-electron chi connectivity index (χ0n) is 13.5. The van der Waals surface area contributed by atoms with Gasteiger partial charge in [0.05, 0.1) is 0 Å². The fourth-order valence-corrected chi connectivity index (χ4v) is 3.05. The van der Waals surface area contributed by atoms with Gasteiger partial charge in [0.1, 0.15) is 5.69 Å². The Bertz CT molecular complexity index is 604. The van der Waals surface area contributed by atoms with E-state index in [-0.39, 0.29) is 18.1 Å². The third kappa shape index (κ3) is 4.43. The van der Waals surface area contributed by atoms with E-state index in [4.69, 9.17) is 5.11 Å². The largest absolute Gasteiger partial charge is 0.481 e. The Hall–Kier alpha value is -2.11. The molecule has 3 N–H and O–H groups in total. The van der Waals surface area contributed by atoms with Gasteiger partial charge in [0.15, 0.2) is 5.78 Å². The van der Waals surface area contributed by atoms with E-state index in [0.717, 1.165) is 43.4 Å². The Kier molecular flexibility index (Phi) is 5.96. The van der Waals surface area contributed by atoms with E-state index in [1.165, 1.54) is 0 Å². The second kappa shape index (κ2) is 7.94. The molecular weight excluding hydrogens is 296 g/mol. The standard InChI is InChI=1S/C17H24N2O4/c1-11-15-12(7-6-8-13(15)20)19-16(11)17(23)18-10-5-3-2-4-9-14(21)22/h19H,2-10H2,1H3,(H,18,23)(H,21,22). The van der Waals surface area contributed by atoms with Gasteiger partial charge < -0.3 is 15.4 Å². The van der Waals surface area contributed by atoms with Gasteiger partial charge in [-0.2, -0.15) is 0 Å². The van der Waals surface area contributed by atoms with Crippen molar-refractivity contribution in [3.63, 3.8) is 0 Å². The summed E-state index contributed by atoms with van der Waals surface area (Å²) >= 11 is 0. The van der Waals surface area contributed by atoms with E-state index >= 15 is 0 Å². The van der Waals surface area contributed by atoms with Crippen LogP contribution in [0, 0.1) is 6.92 Å². The molecule has 1 aliphatic carbocycles. The highest BCUT2D eigenvalue weighted by atomic mass is 16.4. The average molecular weight is 320 g/mol. The van der Waals surface area contributed by atoms with Crippen molar-refractivity contribution in [1.82, 2.24) is 10.3 Å². The number of aryl methyl sites for hydroxylation is 1. The van der Waals surface area contributed by atoms with Crippen LogP contribution in [0.25, 0.3) is 0 Å². The summed E-state index contributed by atoms with van der Waals surface area (Å²) in [7, 11) is 0. The maximum atomic E-state index is 12.2. The van der Waals surface area contributed by atoms with Gasteiger partial charge in [0, 0.05) is 30.6 Å². The number of aromatic nitrogens is 1. The topological polar surface area (TPSA) is 99.3 Å².